The Morgan fingerprint density at radius 1 is 0.562 bits per heavy atom. The lowest BCUT2D eigenvalue weighted by Crippen LogP contribution is -2.17. The fourth-order valence-corrected chi connectivity index (χ4v) is 11.8. The molecule has 0 N–H and O–H groups in total. The Hall–Kier alpha value is -5.44. The van der Waals surface area contributed by atoms with Crippen molar-refractivity contribution >= 4 is 120 Å². The Bertz CT molecular complexity index is 3140. The van der Waals surface area contributed by atoms with Crippen LogP contribution in [-0.4, -0.2) is 71.7 Å². The molecule has 0 bridgehead atoms. The maximum absolute atomic E-state index is 13.5. The lowest BCUT2D eigenvalue weighted by Gasteiger charge is -2.26. The van der Waals surface area contributed by atoms with E-state index in [0.29, 0.717) is 72.5 Å². The minimum atomic E-state index is -0.586. The van der Waals surface area contributed by atoms with Gasteiger partial charge in [-0.2, -0.15) is 0 Å². The Morgan fingerprint density at radius 3 is 1.63 bits per heavy atom. The summed E-state index contributed by atoms with van der Waals surface area (Å²) in [6, 6.07) is 22.8. The molecule has 5 aromatic carbocycles. The molecule has 19 heteroatoms. The number of fused-ring (bicyclic) bond motifs is 3. The summed E-state index contributed by atoms with van der Waals surface area (Å²) >= 11 is 20.2. The fraction of sp³-hybridized carbons (Fsp3) is 0.185. The van der Waals surface area contributed by atoms with E-state index in [1.54, 1.807) is 75.9 Å². The molecule has 1 aliphatic heterocycles. The number of ether oxygens (including phenoxy) is 8. The molecule has 0 amide bonds. The standard InChI is InChI=1S/C37H27Br4NO8.C10H14O3.C7H4Br2O/c1-18-28(17-43)42-8-7-26-27(16-31(47-3)35(48-4)34(26)50-37(45)21-11-24(40)15-25(41)12-21)33(42)32(18)19-5-6-29(30(13-19)46-2)49-36(44)20-9-22(38)14-23(39)10-20;1-11-8-4-6-9(12-2)10(13-3)7-5-8;8-6-1-5(4-10)2-7(9)3-6/h5-6,9-17H,7-8H2,1-4H3;4,6-7H,5H2,1-3H3;1-4H. The molecular weight excluding hydrogens is 1330 g/mol. The van der Waals surface area contributed by atoms with Crippen LogP contribution >= 0.6 is 95.6 Å². The summed E-state index contributed by atoms with van der Waals surface area (Å²) in [5, 5.41) is 0. The van der Waals surface area contributed by atoms with Crippen molar-refractivity contribution < 1.29 is 57.1 Å². The highest BCUT2D eigenvalue weighted by Crippen LogP contribution is 2.52. The van der Waals surface area contributed by atoms with Crippen molar-refractivity contribution in [2.45, 2.75) is 26.3 Å². The number of aldehydes is 2. The number of carbonyl (C=O) groups is 4. The second-order valence-corrected chi connectivity index (χ2v) is 21.0. The monoisotopic (exact) mass is 1370 g/mol. The van der Waals surface area contributed by atoms with E-state index in [9.17, 15) is 19.2 Å². The maximum atomic E-state index is 13.5. The Kier molecular flexibility index (Phi) is 20.4. The van der Waals surface area contributed by atoms with Gasteiger partial charge in [0.05, 0.1) is 70.9 Å². The number of allylic oxidation sites excluding steroid dienone is 3. The van der Waals surface area contributed by atoms with Crippen LogP contribution in [0.4, 0.5) is 0 Å². The van der Waals surface area contributed by atoms with Crippen molar-refractivity contribution in [2.24, 2.45) is 0 Å². The highest BCUT2D eigenvalue weighted by molar-refractivity contribution is 9.11. The average molecular weight is 1380 g/mol. The zero-order chi connectivity index (χ0) is 53.1. The maximum Gasteiger partial charge on any atom is 0.343 e. The van der Waals surface area contributed by atoms with Crippen molar-refractivity contribution in [1.82, 2.24) is 4.57 Å². The predicted octanol–water partition coefficient (Wildman–Crippen LogP) is 15.0. The van der Waals surface area contributed by atoms with Gasteiger partial charge >= 0.3 is 11.9 Å². The molecule has 0 unspecified atom stereocenters. The van der Waals surface area contributed by atoms with E-state index in [-0.39, 0.29) is 17.2 Å². The highest BCUT2D eigenvalue weighted by Gasteiger charge is 2.33. The zero-order valence-electron chi connectivity index (χ0n) is 40.1. The summed E-state index contributed by atoms with van der Waals surface area (Å²) in [6.07, 6.45) is 8.45. The molecule has 2 heterocycles. The number of hydrogen-bond donors (Lipinski definition) is 0. The Balaban J connectivity index is 0.000000308. The first-order chi connectivity index (χ1) is 35.0. The van der Waals surface area contributed by atoms with Gasteiger partial charge in [-0.15, -0.1) is 0 Å². The molecule has 0 fully saturated rings. The summed E-state index contributed by atoms with van der Waals surface area (Å²) < 4.78 is 51.0. The summed E-state index contributed by atoms with van der Waals surface area (Å²) in [5.41, 5.74) is 6.17. The Labute approximate surface area is 472 Å². The molecule has 1 aromatic heterocycles. The largest absolute Gasteiger partial charge is 0.501 e. The number of halogens is 6. The number of nitrogens with zero attached hydrogens (tertiary/aromatic N) is 1. The molecule has 0 saturated heterocycles. The first-order valence-electron chi connectivity index (χ1n) is 21.7. The van der Waals surface area contributed by atoms with Crippen LogP contribution in [0.25, 0.3) is 22.4 Å². The number of rotatable bonds is 13. The van der Waals surface area contributed by atoms with E-state index in [0.717, 1.165) is 71.0 Å². The molecule has 13 nitrogen and oxygen atoms in total. The van der Waals surface area contributed by atoms with Gasteiger partial charge in [-0.25, -0.2) is 9.59 Å². The van der Waals surface area contributed by atoms with Crippen molar-refractivity contribution in [3.8, 4) is 51.1 Å². The molecule has 1 aliphatic carbocycles. The number of aromatic nitrogens is 1. The third-order valence-corrected chi connectivity index (χ3v) is 13.9. The van der Waals surface area contributed by atoms with Crippen LogP contribution < -0.4 is 23.7 Å². The van der Waals surface area contributed by atoms with E-state index in [1.165, 1.54) is 21.3 Å². The second-order valence-electron chi connectivity index (χ2n) is 15.6. The minimum Gasteiger partial charge on any atom is -0.501 e. The number of carbonyl (C=O) groups excluding carboxylic acids is 4. The van der Waals surface area contributed by atoms with Gasteiger partial charge in [0.15, 0.2) is 40.8 Å². The van der Waals surface area contributed by atoms with Crippen LogP contribution in [0.1, 0.15) is 59.1 Å². The molecule has 0 spiro atoms. The highest BCUT2D eigenvalue weighted by atomic mass is 79.9. The van der Waals surface area contributed by atoms with Gasteiger partial charge in [0, 0.05) is 62.1 Å². The van der Waals surface area contributed by atoms with Gasteiger partial charge in [0.2, 0.25) is 5.75 Å². The van der Waals surface area contributed by atoms with Gasteiger partial charge in [0.1, 0.15) is 6.29 Å². The first kappa shape index (κ1) is 56.8. The summed E-state index contributed by atoms with van der Waals surface area (Å²) in [5.74, 6) is 2.58. The summed E-state index contributed by atoms with van der Waals surface area (Å²) in [7, 11) is 9.36. The lowest BCUT2D eigenvalue weighted by atomic mass is 9.91. The summed E-state index contributed by atoms with van der Waals surface area (Å²) in [4.78, 5) is 49.5. The van der Waals surface area contributed by atoms with E-state index < -0.39 is 11.9 Å². The van der Waals surface area contributed by atoms with Crippen molar-refractivity contribution in [3.05, 3.63) is 175 Å². The number of methoxy groups -OCH3 is 6. The molecule has 0 saturated carbocycles. The van der Waals surface area contributed by atoms with Crippen LogP contribution in [-0.2, 0) is 27.2 Å². The minimum absolute atomic E-state index is 0.221. The smallest absolute Gasteiger partial charge is 0.343 e. The van der Waals surface area contributed by atoms with Gasteiger partial charge in [-0.1, -0.05) is 102 Å². The lowest BCUT2D eigenvalue weighted by molar-refractivity contribution is 0.0719. The average Bonchev–Trinajstić information content (AvgIpc) is 3.50. The number of hydrogen-bond acceptors (Lipinski definition) is 12. The molecule has 0 radical (unpaired) electrons. The fourth-order valence-electron chi connectivity index (χ4n) is 7.89. The first-order valence-corrected chi connectivity index (χ1v) is 26.4. The molecular formula is C54H45Br6NO12. The molecule has 8 rings (SSSR count). The third kappa shape index (κ3) is 13.7. The van der Waals surface area contributed by atoms with Gasteiger partial charge in [-0.3, -0.25) is 9.59 Å². The van der Waals surface area contributed by atoms with E-state index in [2.05, 4.69) is 95.6 Å². The molecule has 73 heavy (non-hydrogen) atoms. The van der Waals surface area contributed by atoms with Crippen LogP contribution in [0.15, 0.2) is 141 Å². The van der Waals surface area contributed by atoms with Crippen LogP contribution in [0.5, 0.6) is 28.7 Å². The molecule has 380 valence electrons. The van der Waals surface area contributed by atoms with Gasteiger partial charge < -0.3 is 42.5 Å². The van der Waals surface area contributed by atoms with Crippen molar-refractivity contribution in [2.75, 3.05) is 42.7 Å². The number of benzene rings is 5. The van der Waals surface area contributed by atoms with Crippen LogP contribution in [0.3, 0.4) is 0 Å². The predicted molar refractivity (Wildman–Crippen MR) is 300 cm³/mol. The van der Waals surface area contributed by atoms with Crippen molar-refractivity contribution in [1.29, 1.82) is 0 Å². The molecule has 6 aromatic rings. The van der Waals surface area contributed by atoms with Crippen molar-refractivity contribution in [3.63, 3.8) is 0 Å². The Morgan fingerprint density at radius 2 is 1.12 bits per heavy atom. The van der Waals surface area contributed by atoms with Gasteiger partial charge in [-0.05, 0) is 115 Å². The van der Waals surface area contributed by atoms with E-state index in [1.807, 2.05) is 54.0 Å². The van der Waals surface area contributed by atoms with E-state index in [4.69, 9.17) is 37.9 Å². The van der Waals surface area contributed by atoms with Crippen LogP contribution in [0.2, 0.25) is 0 Å². The number of esters is 2. The van der Waals surface area contributed by atoms with E-state index >= 15 is 0 Å². The summed E-state index contributed by atoms with van der Waals surface area (Å²) in [6.45, 7) is 2.30. The molecule has 0 atom stereocenters. The van der Waals surface area contributed by atoms with Gasteiger partial charge in [0.25, 0.3) is 0 Å². The topological polar surface area (TPSA) is 147 Å². The molecule has 2 aliphatic rings. The third-order valence-electron chi connectivity index (χ3n) is 11.2. The zero-order valence-corrected chi connectivity index (χ0v) is 49.6. The SMILES string of the molecule is COC1=CC=C(OC)C(OC)=CC1.COc1cc(-c2c(C)c(C=O)n3c2-c2cc(OC)c(OC)c(OC(=O)c4cc(Br)cc(Br)c4)c2CC3)ccc1OC(=O)c1cc(Br)cc(Br)c1.O=Cc1cc(Br)cc(Br)c1. The van der Waals surface area contributed by atoms with Crippen LogP contribution in [0, 0.1) is 6.92 Å². The quantitative estimate of drug-likeness (QED) is 0.0616. The second kappa shape index (κ2) is 26.2. The normalized spacial score (nSPS) is 12.2.